The summed E-state index contributed by atoms with van der Waals surface area (Å²) in [7, 11) is 1.34. The Morgan fingerprint density at radius 1 is 0.857 bits per heavy atom. The van der Waals surface area contributed by atoms with Crippen LogP contribution in [0.15, 0.2) is 0 Å². The van der Waals surface area contributed by atoms with E-state index in [1.54, 1.807) is 6.92 Å². The minimum atomic E-state index is -1.12. The fourth-order valence-corrected chi connectivity index (χ4v) is 1.46. The largest absolute Gasteiger partial charge is 0.463 e. The van der Waals surface area contributed by atoms with Crippen LogP contribution in [-0.4, -0.2) is 51.1 Å². The smallest absolute Gasteiger partial charge is 0.338 e. The molecule has 6 heteroatoms. The van der Waals surface area contributed by atoms with Crippen molar-refractivity contribution in [3.05, 3.63) is 0 Å². The van der Waals surface area contributed by atoms with Crippen molar-refractivity contribution in [3.8, 4) is 0 Å². The van der Waals surface area contributed by atoms with E-state index in [4.69, 9.17) is 18.9 Å². The fraction of sp³-hybridized carbons (Fsp3) is 0.867. The number of hydrogen-bond acceptors (Lipinski definition) is 6. The maximum absolute atomic E-state index is 12.0. The lowest BCUT2D eigenvalue weighted by atomic mass is 10.2. The zero-order valence-electron chi connectivity index (χ0n) is 13.9. The van der Waals surface area contributed by atoms with Crippen LogP contribution in [-0.2, 0) is 28.5 Å². The molecular weight excluding hydrogens is 276 g/mol. The van der Waals surface area contributed by atoms with E-state index in [2.05, 4.69) is 0 Å². The van der Waals surface area contributed by atoms with Gasteiger partial charge in [-0.2, -0.15) is 0 Å². The fourth-order valence-electron chi connectivity index (χ4n) is 1.46. The van der Waals surface area contributed by atoms with E-state index >= 15 is 0 Å². The van der Waals surface area contributed by atoms with Gasteiger partial charge < -0.3 is 18.9 Å². The van der Waals surface area contributed by atoms with Gasteiger partial charge in [-0.1, -0.05) is 27.7 Å². The highest BCUT2D eigenvalue weighted by molar-refractivity contribution is 5.85. The maximum Gasteiger partial charge on any atom is 0.338 e. The molecule has 0 aromatic carbocycles. The van der Waals surface area contributed by atoms with E-state index in [9.17, 15) is 9.59 Å². The molecule has 0 spiro atoms. The first-order valence-electron chi connectivity index (χ1n) is 7.31. The minimum Gasteiger partial charge on any atom is -0.463 e. The van der Waals surface area contributed by atoms with Gasteiger partial charge in [0.05, 0.1) is 13.2 Å². The lowest BCUT2D eigenvalue weighted by Gasteiger charge is -2.23. The van der Waals surface area contributed by atoms with Crippen molar-refractivity contribution in [2.24, 2.45) is 11.8 Å². The molecule has 0 fully saturated rings. The molecule has 2 atom stereocenters. The topological polar surface area (TPSA) is 71.1 Å². The van der Waals surface area contributed by atoms with E-state index in [0.717, 1.165) is 0 Å². The van der Waals surface area contributed by atoms with Gasteiger partial charge in [0, 0.05) is 13.7 Å². The monoisotopic (exact) mass is 304 g/mol. The van der Waals surface area contributed by atoms with Crippen molar-refractivity contribution in [1.29, 1.82) is 0 Å². The summed E-state index contributed by atoms with van der Waals surface area (Å²) in [5.41, 5.74) is 0. The molecule has 0 aromatic heterocycles. The van der Waals surface area contributed by atoms with Gasteiger partial charge >= 0.3 is 11.9 Å². The van der Waals surface area contributed by atoms with E-state index < -0.39 is 24.1 Å². The highest BCUT2D eigenvalue weighted by atomic mass is 16.6. The second-order valence-corrected chi connectivity index (χ2v) is 5.58. The van der Waals surface area contributed by atoms with Crippen molar-refractivity contribution in [2.45, 2.75) is 46.8 Å². The standard InChI is InChI=1S/C15H28O6/c1-7-19-13(15(17)21-9-11(4)5)12(18-6)14(16)20-8-10(2)3/h10-13H,7-9H2,1-6H3. The predicted molar refractivity (Wildman–Crippen MR) is 77.8 cm³/mol. The van der Waals surface area contributed by atoms with Crippen LogP contribution >= 0.6 is 0 Å². The quantitative estimate of drug-likeness (QED) is 0.573. The van der Waals surface area contributed by atoms with Crippen LogP contribution in [0.4, 0.5) is 0 Å². The van der Waals surface area contributed by atoms with Gasteiger partial charge in [-0.3, -0.25) is 0 Å². The summed E-state index contributed by atoms with van der Waals surface area (Å²) >= 11 is 0. The summed E-state index contributed by atoms with van der Waals surface area (Å²) in [5.74, 6) is -0.833. The van der Waals surface area contributed by atoms with Crippen molar-refractivity contribution in [1.82, 2.24) is 0 Å². The number of hydrogen-bond donors (Lipinski definition) is 0. The zero-order valence-corrected chi connectivity index (χ0v) is 13.9. The molecule has 0 aliphatic rings. The summed E-state index contributed by atoms with van der Waals surface area (Å²) in [6, 6.07) is 0. The number of carbonyl (C=O) groups is 2. The molecule has 0 heterocycles. The molecule has 0 rings (SSSR count). The minimum absolute atomic E-state index is 0.199. The van der Waals surface area contributed by atoms with Crippen LogP contribution in [0, 0.1) is 11.8 Å². The van der Waals surface area contributed by atoms with Crippen LogP contribution in [0.1, 0.15) is 34.6 Å². The number of methoxy groups -OCH3 is 1. The molecule has 2 unspecified atom stereocenters. The van der Waals surface area contributed by atoms with Gasteiger partial charge in [-0.15, -0.1) is 0 Å². The van der Waals surface area contributed by atoms with Crippen LogP contribution in [0.3, 0.4) is 0 Å². The lowest BCUT2D eigenvalue weighted by molar-refractivity contribution is -0.181. The van der Waals surface area contributed by atoms with E-state index in [-0.39, 0.29) is 31.7 Å². The third kappa shape index (κ3) is 8.02. The predicted octanol–water partition coefficient (Wildman–Crippen LogP) is 1.80. The van der Waals surface area contributed by atoms with Gasteiger partial charge in [0.15, 0.2) is 12.2 Å². The Kier molecular flexibility index (Phi) is 9.99. The first-order valence-corrected chi connectivity index (χ1v) is 7.31. The summed E-state index contributed by atoms with van der Waals surface area (Å²) in [6.45, 7) is 10.2. The third-order valence-corrected chi connectivity index (χ3v) is 2.46. The van der Waals surface area contributed by atoms with Crippen molar-refractivity contribution >= 4 is 11.9 Å². The molecule has 0 saturated carbocycles. The molecule has 6 nitrogen and oxygen atoms in total. The van der Waals surface area contributed by atoms with Crippen molar-refractivity contribution in [3.63, 3.8) is 0 Å². The molecule has 0 aliphatic carbocycles. The second kappa shape index (κ2) is 10.6. The summed E-state index contributed by atoms with van der Waals surface area (Å²) in [5, 5.41) is 0. The molecule has 0 bridgehead atoms. The normalized spacial score (nSPS) is 14.1. The zero-order chi connectivity index (χ0) is 16.4. The Morgan fingerprint density at radius 2 is 1.29 bits per heavy atom. The number of esters is 2. The van der Waals surface area contributed by atoms with Crippen LogP contribution in [0.2, 0.25) is 0 Å². The highest BCUT2D eigenvalue weighted by Gasteiger charge is 2.37. The second-order valence-electron chi connectivity index (χ2n) is 5.58. The molecule has 21 heavy (non-hydrogen) atoms. The molecule has 0 radical (unpaired) electrons. The molecular formula is C15H28O6. The van der Waals surface area contributed by atoms with Gasteiger partial charge in [0.1, 0.15) is 0 Å². The Morgan fingerprint density at radius 3 is 1.62 bits per heavy atom. The SMILES string of the molecule is CCOC(C(=O)OCC(C)C)C(OC)C(=O)OCC(C)C. The van der Waals surface area contributed by atoms with E-state index in [1.807, 2.05) is 27.7 Å². The van der Waals surface area contributed by atoms with Crippen molar-refractivity contribution < 1.29 is 28.5 Å². The maximum atomic E-state index is 12.0. The molecule has 124 valence electrons. The Bertz CT molecular complexity index is 313. The van der Waals surface area contributed by atoms with E-state index in [1.165, 1.54) is 7.11 Å². The molecule has 0 amide bonds. The summed E-state index contributed by atoms with van der Waals surface area (Å²) in [6.07, 6.45) is -2.23. The van der Waals surface area contributed by atoms with Gasteiger partial charge in [-0.05, 0) is 18.8 Å². The molecule has 0 aliphatic heterocycles. The van der Waals surface area contributed by atoms with Gasteiger partial charge in [-0.25, -0.2) is 9.59 Å². The summed E-state index contributed by atoms with van der Waals surface area (Å²) < 4.78 is 20.6. The average molecular weight is 304 g/mol. The third-order valence-electron chi connectivity index (χ3n) is 2.46. The number of ether oxygens (including phenoxy) is 4. The molecule has 0 aromatic rings. The highest BCUT2D eigenvalue weighted by Crippen LogP contribution is 2.10. The Labute approximate surface area is 127 Å². The van der Waals surface area contributed by atoms with E-state index in [0.29, 0.717) is 0 Å². The van der Waals surface area contributed by atoms with Crippen molar-refractivity contribution in [2.75, 3.05) is 26.9 Å². The van der Waals surface area contributed by atoms with Gasteiger partial charge in [0.25, 0.3) is 0 Å². The lowest BCUT2D eigenvalue weighted by Crippen LogP contribution is -2.45. The van der Waals surface area contributed by atoms with Crippen LogP contribution in [0.5, 0.6) is 0 Å². The number of carbonyl (C=O) groups excluding carboxylic acids is 2. The number of rotatable bonds is 10. The Hall–Kier alpha value is -1.14. The van der Waals surface area contributed by atoms with Crippen LogP contribution < -0.4 is 0 Å². The average Bonchev–Trinajstić information content (AvgIpc) is 2.42. The molecule has 0 N–H and O–H groups in total. The Balaban J connectivity index is 4.77. The summed E-state index contributed by atoms with van der Waals surface area (Å²) in [4.78, 5) is 24.0. The van der Waals surface area contributed by atoms with Crippen LogP contribution in [0.25, 0.3) is 0 Å². The first kappa shape index (κ1) is 19.9. The van der Waals surface area contributed by atoms with Gasteiger partial charge in [0.2, 0.25) is 0 Å². The first-order chi connectivity index (χ1) is 9.83. The molecule has 0 saturated heterocycles.